The molecule has 0 saturated carbocycles. The molecule has 276 valence electrons. The van der Waals surface area contributed by atoms with Crippen LogP contribution in [0, 0.1) is 0 Å². The lowest BCUT2D eigenvalue weighted by molar-refractivity contribution is -0.123. The molecule has 12 heteroatoms. The molecule has 8 nitrogen and oxygen atoms in total. The van der Waals surface area contributed by atoms with Crippen LogP contribution < -0.4 is 20.5 Å². The van der Waals surface area contributed by atoms with Crippen molar-refractivity contribution < 1.29 is 19.4 Å². The van der Waals surface area contributed by atoms with Gasteiger partial charge in [0.15, 0.2) is 6.10 Å². The van der Waals surface area contributed by atoms with E-state index >= 15 is 0 Å². The van der Waals surface area contributed by atoms with E-state index in [1.165, 1.54) is 62.1 Å². The first kappa shape index (κ1) is 40.6. The van der Waals surface area contributed by atoms with Gasteiger partial charge in [0.05, 0.1) is 27.2 Å². The Bertz CT molecular complexity index is 1690. The first-order chi connectivity index (χ1) is 24.3. The van der Waals surface area contributed by atoms with Gasteiger partial charge >= 0.3 is 0 Å². The Morgan fingerprint density at radius 3 is 2.16 bits per heavy atom. The highest BCUT2D eigenvalue weighted by Gasteiger charge is 2.31. The van der Waals surface area contributed by atoms with Crippen molar-refractivity contribution >= 4 is 81.1 Å². The van der Waals surface area contributed by atoms with Crippen molar-refractivity contribution in [2.45, 2.75) is 116 Å². The number of phenols is 1. The number of phenolic OH excluding ortho intramolecular Hbond substituents is 1. The summed E-state index contributed by atoms with van der Waals surface area (Å²) in [6.45, 7) is 8.27. The predicted octanol–water partition coefficient (Wildman–Crippen LogP) is 12.0. The molecule has 2 amide bonds. The number of ether oxygens (including phenoxy) is 1. The highest BCUT2D eigenvalue weighted by Crippen LogP contribution is 2.38. The number of aromatic hydroxyl groups is 1. The van der Waals surface area contributed by atoms with Crippen LogP contribution in [0.5, 0.6) is 11.5 Å². The Hall–Kier alpha value is -3.17. The van der Waals surface area contributed by atoms with Crippen molar-refractivity contribution in [3.05, 3.63) is 74.2 Å². The van der Waals surface area contributed by atoms with E-state index in [0.717, 1.165) is 24.8 Å². The van der Waals surface area contributed by atoms with Gasteiger partial charge in [-0.15, -0.1) is 0 Å². The number of amides is 2. The number of amidine groups is 1. The Balaban J connectivity index is 1.46. The van der Waals surface area contributed by atoms with E-state index in [2.05, 4.69) is 22.7 Å². The zero-order valence-electron chi connectivity index (χ0n) is 29.8. The standard InChI is InChI=1S/C39H48Cl4N4O4/c1-5-6-7-8-9-10-11-12-13-14-15-34(51-27-17-19-33(48)28(23-27)39(2,3)4)38(50)44-26-16-18-29(41)32(22-26)45-35-24-36(49)47(46-35)37-30(42)20-25(40)21-31(37)43/h16-23,34,48H,5-15,24H2,1-4H3,(H,44,50)(H,45,46). The molecule has 1 aliphatic rings. The largest absolute Gasteiger partial charge is 0.508 e. The van der Waals surface area contributed by atoms with Gasteiger partial charge in [0.25, 0.3) is 11.8 Å². The maximum Gasteiger partial charge on any atom is 0.265 e. The molecule has 1 atom stereocenters. The predicted molar refractivity (Wildman–Crippen MR) is 212 cm³/mol. The molecule has 0 spiro atoms. The summed E-state index contributed by atoms with van der Waals surface area (Å²) < 4.78 is 6.32. The number of hydrogen-bond donors (Lipinski definition) is 3. The Labute approximate surface area is 321 Å². The number of hydrogen-bond acceptors (Lipinski definition) is 5. The van der Waals surface area contributed by atoms with Crippen LogP contribution in [0.2, 0.25) is 20.1 Å². The number of aliphatic imine (C=N–C) groups is 1. The fourth-order valence-corrected chi connectivity index (χ4v) is 7.05. The second-order valence-electron chi connectivity index (χ2n) is 14.0. The molecule has 1 fully saturated rings. The fraction of sp³-hybridized carbons (Fsp3) is 0.462. The lowest BCUT2D eigenvalue weighted by Gasteiger charge is -2.23. The molecule has 3 aromatic rings. The third-order valence-electron chi connectivity index (χ3n) is 8.65. The van der Waals surface area contributed by atoms with Gasteiger partial charge in [-0.25, -0.2) is 10.0 Å². The molecule has 1 heterocycles. The van der Waals surface area contributed by atoms with Gasteiger partial charge in [-0.1, -0.05) is 132 Å². The van der Waals surface area contributed by atoms with E-state index in [1.54, 1.807) is 36.4 Å². The number of benzene rings is 3. The van der Waals surface area contributed by atoms with E-state index in [-0.39, 0.29) is 45.1 Å². The van der Waals surface area contributed by atoms with Gasteiger partial charge in [-0.3, -0.25) is 15.0 Å². The third kappa shape index (κ3) is 11.9. The highest BCUT2D eigenvalue weighted by molar-refractivity contribution is 6.42. The number of halogens is 4. The monoisotopic (exact) mass is 776 g/mol. The van der Waals surface area contributed by atoms with Gasteiger partial charge in [-0.2, -0.15) is 0 Å². The van der Waals surface area contributed by atoms with Crippen LogP contribution in [0.1, 0.15) is 110 Å². The van der Waals surface area contributed by atoms with E-state index in [4.69, 9.17) is 51.1 Å². The molecule has 0 aliphatic carbocycles. The number of hydrazine groups is 1. The molecule has 51 heavy (non-hydrogen) atoms. The Morgan fingerprint density at radius 2 is 1.53 bits per heavy atom. The SMILES string of the molecule is CCCCCCCCCCCCC(Oc1ccc(O)c(C(C)(C)C)c1)C(=O)Nc1ccc(Cl)c(N=C2CC(=O)N(c3c(Cl)cc(Cl)cc3Cl)N2)c1. The van der Waals surface area contributed by atoms with Crippen molar-refractivity contribution in [3.63, 3.8) is 0 Å². The average molecular weight is 779 g/mol. The summed E-state index contributed by atoms with van der Waals surface area (Å²) in [6.07, 6.45) is 11.5. The van der Waals surface area contributed by atoms with Crippen LogP contribution in [-0.2, 0) is 15.0 Å². The number of carbonyl (C=O) groups is 2. The van der Waals surface area contributed by atoms with Crippen LogP contribution in [-0.4, -0.2) is 28.9 Å². The molecule has 1 saturated heterocycles. The van der Waals surface area contributed by atoms with E-state index in [1.807, 2.05) is 20.8 Å². The maximum absolute atomic E-state index is 13.8. The van der Waals surface area contributed by atoms with Crippen molar-refractivity contribution in [1.82, 2.24) is 5.43 Å². The fourth-order valence-electron chi connectivity index (χ4n) is 5.90. The number of anilines is 2. The molecule has 1 unspecified atom stereocenters. The van der Waals surface area contributed by atoms with Gasteiger partial charge in [0.1, 0.15) is 23.0 Å². The van der Waals surface area contributed by atoms with Gasteiger partial charge in [0, 0.05) is 16.3 Å². The number of rotatable bonds is 17. The van der Waals surface area contributed by atoms with E-state index < -0.39 is 6.10 Å². The topological polar surface area (TPSA) is 103 Å². The molecule has 3 aromatic carbocycles. The molecular weight excluding hydrogens is 730 g/mol. The molecular formula is C39H48Cl4N4O4. The van der Waals surface area contributed by atoms with Crippen LogP contribution in [0.15, 0.2) is 53.5 Å². The zero-order chi connectivity index (χ0) is 37.1. The minimum Gasteiger partial charge on any atom is -0.508 e. The van der Waals surface area contributed by atoms with Gasteiger partial charge < -0.3 is 15.2 Å². The van der Waals surface area contributed by atoms with Crippen LogP contribution in [0.4, 0.5) is 17.1 Å². The van der Waals surface area contributed by atoms with E-state index in [9.17, 15) is 14.7 Å². The minimum absolute atomic E-state index is 0.0554. The van der Waals surface area contributed by atoms with E-state index in [0.29, 0.717) is 39.4 Å². The molecule has 0 bridgehead atoms. The Morgan fingerprint density at radius 1 is 0.902 bits per heavy atom. The highest BCUT2D eigenvalue weighted by atomic mass is 35.5. The van der Waals surface area contributed by atoms with Crippen molar-refractivity contribution in [1.29, 1.82) is 0 Å². The normalized spacial score (nSPS) is 14.5. The first-order valence-corrected chi connectivity index (χ1v) is 19.2. The first-order valence-electron chi connectivity index (χ1n) is 17.7. The van der Waals surface area contributed by atoms with Crippen molar-refractivity contribution in [3.8, 4) is 11.5 Å². The van der Waals surface area contributed by atoms with Gasteiger partial charge in [0.2, 0.25) is 0 Å². The second-order valence-corrected chi connectivity index (χ2v) is 15.6. The molecule has 0 aromatic heterocycles. The molecule has 1 aliphatic heterocycles. The summed E-state index contributed by atoms with van der Waals surface area (Å²) >= 11 is 25.2. The summed E-state index contributed by atoms with van der Waals surface area (Å²) in [5, 5.41) is 15.8. The Kier molecular flexibility index (Phi) is 15.2. The summed E-state index contributed by atoms with van der Waals surface area (Å²) in [5.41, 5.74) is 4.44. The summed E-state index contributed by atoms with van der Waals surface area (Å²) in [6, 6.07) is 13.0. The summed E-state index contributed by atoms with van der Waals surface area (Å²) in [4.78, 5) is 31.3. The summed E-state index contributed by atoms with van der Waals surface area (Å²) in [7, 11) is 0. The number of unbranched alkanes of at least 4 members (excludes halogenated alkanes) is 9. The second kappa shape index (κ2) is 19.1. The van der Waals surface area contributed by atoms with Crippen LogP contribution >= 0.6 is 46.4 Å². The molecule has 3 N–H and O–H groups in total. The lowest BCUT2D eigenvalue weighted by Crippen LogP contribution is -2.36. The number of nitrogens with one attached hydrogen (secondary N) is 2. The van der Waals surface area contributed by atoms with Gasteiger partial charge in [-0.05, 0) is 66.8 Å². The van der Waals surface area contributed by atoms with Crippen LogP contribution in [0.25, 0.3) is 0 Å². The zero-order valence-corrected chi connectivity index (χ0v) is 32.8. The quantitative estimate of drug-likeness (QED) is 0.118. The molecule has 0 radical (unpaired) electrons. The number of carbonyl (C=O) groups excluding carboxylic acids is 2. The minimum atomic E-state index is -0.779. The van der Waals surface area contributed by atoms with Crippen molar-refractivity contribution in [2.24, 2.45) is 4.99 Å². The third-order valence-corrected chi connectivity index (χ3v) is 9.76. The average Bonchev–Trinajstić information content (AvgIpc) is 3.41. The van der Waals surface area contributed by atoms with Crippen molar-refractivity contribution in [2.75, 3.05) is 10.3 Å². The van der Waals surface area contributed by atoms with Crippen LogP contribution in [0.3, 0.4) is 0 Å². The summed E-state index contributed by atoms with van der Waals surface area (Å²) in [5.74, 6) is 0.370. The smallest absolute Gasteiger partial charge is 0.265 e. The lowest BCUT2D eigenvalue weighted by atomic mass is 9.86. The maximum atomic E-state index is 13.8. The number of nitrogens with zero attached hydrogens (tertiary/aromatic N) is 2. The molecule has 4 rings (SSSR count).